The molecule has 2 bridgehead atoms. The molecule has 1 fully saturated rings. The van der Waals surface area contributed by atoms with E-state index in [1.165, 1.54) is 18.2 Å². The number of nitrogens with zero attached hydrogens (tertiary/aromatic N) is 1. The van der Waals surface area contributed by atoms with Crippen molar-refractivity contribution in [2.75, 3.05) is 20.7 Å². The standard InChI is InChI=1S/C17H19NO3.CH5O2PS2/c1-18-7-6-17-10-3-5-13(20)16(17)21-15-12(19)4-2-9(14(15)17)8-11(10)18;1-3-4(2,5)6/h2-5,10-11,13,16,19-20H,6-8H2,1H3;1H3,(H2,2,5,6)/t10-,11+,13-,16-,17-;/m0./s1. The van der Waals surface area contributed by atoms with Crippen molar-refractivity contribution in [3.05, 3.63) is 35.4 Å². The second kappa shape index (κ2) is 6.73. The molecule has 1 saturated heterocycles. The molecular weight excluding hydrogens is 405 g/mol. The van der Waals surface area contributed by atoms with Gasteiger partial charge in [-0.25, -0.2) is 0 Å². The second-order valence-corrected chi connectivity index (χ2v) is 12.9. The van der Waals surface area contributed by atoms with Crippen LogP contribution < -0.4 is 4.74 Å². The largest absolute Gasteiger partial charge is 0.504 e. The number of rotatable bonds is 1. The third-order valence-corrected chi connectivity index (χ3v) is 7.80. The van der Waals surface area contributed by atoms with Crippen LogP contribution in [0.1, 0.15) is 17.5 Å². The van der Waals surface area contributed by atoms with Gasteiger partial charge in [-0.15, -0.1) is 0 Å². The first-order chi connectivity index (χ1) is 12.7. The fourth-order valence-electron chi connectivity index (χ4n) is 5.24. The number of ether oxygens (including phenoxy) is 1. The lowest BCUT2D eigenvalue weighted by Gasteiger charge is -2.56. The van der Waals surface area contributed by atoms with E-state index in [2.05, 4.69) is 46.6 Å². The van der Waals surface area contributed by atoms with Crippen LogP contribution in [0.25, 0.3) is 0 Å². The van der Waals surface area contributed by atoms with Crippen LogP contribution in [-0.4, -0.2) is 59.0 Å². The van der Waals surface area contributed by atoms with E-state index in [1.807, 2.05) is 12.1 Å². The fourth-order valence-corrected chi connectivity index (χ4v) is 5.24. The zero-order valence-corrected chi connectivity index (χ0v) is 17.8. The lowest BCUT2D eigenvalue weighted by atomic mass is 9.53. The van der Waals surface area contributed by atoms with Gasteiger partial charge in [0.15, 0.2) is 11.5 Å². The van der Waals surface area contributed by atoms with Gasteiger partial charge in [-0.05, 0) is 49.9 Å². The molecule has 4 aliphatic rings. The Balaban J connectivity index is 0.000000264. The first kappa shape index (κ1) is 19.7. The Morgan fingerprint density at radius 2 is 2.11 bits per heavy atom. The van der Waals surface area contributed by atoms with Gasteiger partial charge >= 0.3 is 0 Å². The number of phenolic OH excluding ortho intramolecular Hbond substituents is 1. The van der Waals surface area contributed by atoms with Crippen LogP contribution in [-0.2, 0) is 28.2 Å². The van der Waals surface area contributed by atoms with Crippen LogP contribution in [0, 0.1) is 5.92 Å². The second-order valence-electron chi connectivity index (χ2n) is 7.60. The Morgan fingerprint density at radius 1 is 1.41 bits per heavy atom. The number of hydrogen-bond donors (Lipinski definition) is 4. The number of benzene rings is 1. The number of hydrogen-bond acceptors (Lipinski definition) is 6. The Morgan fingerprint density at radius 3 is 2.78 bits per heavy atom. The van der Waals surface area contributed by atoms with Crippen molar-refractivity contribution in [2.45, 2.75) is 36.5 Å². The number of aromatic hydroxyl groups is 1. The summed E-state index contributed by atoms with van der Waals surface area (Å²) in [6.45, 7) is 1.01. The summed E-state index contributed by atoms with van der Waals surface area (Å²) in [7, 11) is 3.52. The van der Waals surface area contributed by atoms with Crippen molar-refractivity contribution in [3.63, 3.8) is 0 Å². The highest BCUT2D eigenvalue weighted by Gasteiger charge is 2.64. The van der Waals surface area contributed by atoms with E-state index >= 15 is 0 Å². The Hall–Kier alpha value is -0.600. The summed E-state index contributed by atoms with van der Waals surface area (Å²) in [4.78, 5) is 10.8. The SMILES string of the molecule is CN1CC[C@]23c4c5ccc(O)c4O[C@H]2[C@@H](O)C=C[C@H]3[C@H]1C5.COP(O)(=S)S. The van der Waals surface area contributed by atoms with Crippen LogP contribution in [0.2, 0.25) is 0 Å². The van der Waals surface area contributed by atoms with E-state index in [4.69, 9.17) is 9.63 Å². The molecular formula is C18H24NO5PS2. The first-order valence-electron chi connectivity index (χ1n) is 8.89. The van der Waals surface area contributed by atoms with Crippen molar-refractivity contribution in [2.24, 2.45) is 5.92 Å². The molecule has 1 aromatic rings. The number of aliphatic hydroxyl groups is 1. The quantitative estimate of drug-likeness (QED) is 0.309. The molecule has 0 saturated carbocycles. The predicted molar refractivity (Wildman–Crippen MR) is 110 cm³/mol. The lowest BCUT2D eigenvalue weighted by Crippen LogP contribution is -2.64. The van der Waals surface area contributed by atoms with Crippen LogP contribution in [0.4, 0.5) is 0 Å². The van der Waals surface area contributed by atoms with Crippen molar-refractivity contribution in [1.82, 2.24) is 4.90 Å². The summed E-state index contributed by atoms with van der Waals surface area (Å²) in [6, 6.07) is 4.23. The molecule has 2 aliphatic heterocycles. The van der Waals surface area contributed by atoms with Crippen LogP contribution in [0.15, 0.2) is 24.3 Å². The number of phenols is 1. The molecule has 5 rings (SSSR count). The summed E-state index contributed by atoms with van der Waals surface area (Å²) in [6.07, 6.45) is 5.18. The smallest absolute Gasteiger partial charge is 0.241 e. The molecule has 2 aliphatic carbocycles. The maximum absolute atomic E-state index is 10.4. The third kappa shape index (κ3) is 2.97. The molecule has 3 N–H and O–H groups in total. The van der Waals surface area contributed by atoms with Crippen molar-refractivity contribution in [3.8, 4) is 11.5 Å². The van der Waals surface area contributed by atoms with Crippen LogP contribution in [0.5, 0.6) is 11.5 Å². The van der Waals surface area contributed by atoms with Gasteiger partial charge in [0.1, 0.15) is 12.2 Å². The molecule has 0 aromatic heterocycles. The van der Waals surface area contributed by atoms with E-state index in [0.29, 0.717) is 17.7 Å². The average Bonchev–Trinajstić information content (AvgIpc) is 2.97. The van der Waals surface area contributed by atoms with Crippen molar-refractivity contribution >= 4 is 29.7 Å². The normalized spacial score (nSPS) is 37.5. The highest BCUT2D eigenvalue weighted by molar-refractivity contribution is 8.59. The number of likely N-dealkylation sites (N-methyl/N-ethyl adjacent to an activating group) is 1. The summed E-state index contributed by atoms with van der Waals surface area (Å²) >= 11 is 7.81. The summed E-state index contributed by atoms with van der Waals surface area (Å²) < 4.78 is 10.4. The van der Waals surface area contributed by atoms with E-state index in [0.717, 1.165) is 19.4 Å². The van der Waals surface area contributed by atoms with Gasteiger partial charge in [-0.2, -0.15) is 0 Å². The minimum absolute atomic E-state index is 0.160. The van der Waals surface area contributed by atoms with Gasteiger partial charge in [0.2, 0.25) is 5.69 Å². The van der Waals surface area contributed by atoms with Gasteiger partial charge in [0.25, 0.3) is 0 Å². The summed E-state index contributed by atoms with van der Waals surface area (Å²) in [5.41, 5.74) is -0.329. The third-order valence-electron chi connectivity index (χ3n) is 6.39. The van der Waals surface area contributed by atoms with Crippen molar-refractivity contribution in [1.29, 1.82) is 0 Å². The minimum Gasteiger partial charge on any atom is -0.504 e. The van der Waals surface area contributed by atoms with Crippen LogP contribution in [0.3, 0.4) is 0 Å². The molecule has 0 radical (unpaired) electrons. The van der Waals surface area contributed by atoms with Gasteiger partial charge in [0.05, 0.1) is 0 Å². The first-order valence-corrected chi connectivity index (χ1v) is 12.7. The highest BCUT2D eigenvalue weighted by Crippen LogP contribution is 2.62. The average molecular weight is 430 g/mol. The Bertz CT molecular complexity index is 843. The molecule has 2 heterocycles. The maximum Gasteiger partial charge on any atom is 0.241 e. The number of likely N-dealkylation sites (tertiary alicyclic amines) is 1. The van der Waals surface area contributed by atoms with E-state index in [1.54, 1.807) is 6.07 Å². The molecule has 1 aromatic carbocycles. The van der Waals surface area contributed by atoms with Gasteiger partial charge < -0.3 is 29.3 Å². The number of aliphatic hydroxyl groups excluding tert-OH is 1. The monoisotopic (exact) mass is 429 g/mol. The molecule has 0 amide bonds. The lowest BCUT2D eigenvalue weighted by molar-refractivity contribution is -0.0453. The Kier molecular flexibility index (Phi) is 4.91. The highest BCUT2D eigenvalue weighted by atomic mass is 32.9. The number of piperidine rings is 1. The summed E-state index contributed by atoms with van der Waals surface area (Å²) in [5, 5.41) is 20.6. The molecule has 1 spiro atoms. The zero-order valence-electron chi connectivity index (χ0n) is 15.1. The van der Waals surface area contributed by atoms with E-state index in [9.17, 15) is 10.2 Å². The Labute approximate surface area is 169 Å². The molecule has 1 unspecified atom stereocenters. The zero-order chi connectivity index (χ0) is 19.6. The molecule has 6 nitrogen and oxygen atoms in total. The molecule has 148 valence electrons. The number of thiol groups is 1. The van der Waals surface area contributed by atoms with Crippen molar-refractivity contribution < 1.29 is 24.4 Å². The van der Waals surface area contributed by atoms with Gasteiger partial charge in [-0.3, -0.25) is 0 Å². The van der Waals surface area contributed by atoms with Gasteiger partial charge in [0, 0.05) is 30.0 Å². The van der Waals surface area contributed by atoms with E-state index < -0.39 is 11.8 Å². The van der Waals surface area contributed by atoms with Crippen LogP contribution >= 0.6 is 17.9 Å². The maximum atomic E-state index is 10.4. The fraction of sp³-hybridized carbons (Fsp3) is 0.556. The molecule has 27 heavy (non-hydrogen) atoms. The molecule has 6 atom stereocenters. The predicted octanol–water partition coefficient (Wildman–Crippen LogP) is 1.98. The topological polar surface area (TPSA) is 82.4 Å². The van der Waals surface area contributed by atoms with E-state index in [-0.39, 0.29) is 17.3 Å². The summed E-state index contributed by atoms with van der Waals surface area (Å²) in [5.74, 6) is 1.19. The minimum atomic E-state index is -2.62. The van der Waals surface area contributed by atoms with Gasteiger partial charge in [-0.1, -0.05) is 30.5 Å². The molecule has 9 heteroatoms.